The molecular formula is C51H48GeIrN4O-2. The fraction of sp³-hybridized carbons (Fsp3) is 0.196. The van der Waals surface area contributed by atoms with E-state index in [4.69, 9.17) is 16.3 Å². The zero-order chi connectivity index (χ0) is 44.1. The number of benzene rings is 5. The molecule has 7 heteroatoms. The second kappa shape index (κ2) is 17.0. The van der Waals surface area contributed by atoms with Crippen LogP contribution >= 0.6 is 0 Å². The van der Waals surface area contributed by atoms with E-state index >= 15 is 0 Å². The molecular weight excluding hydrogens is 949 g/mol. The molecule has 4 heterocycles. The fourth-order valence-electron chi connectivity index (χ4n) is 7.26. The molecule has 5 aromatic carbocycles. The molecule has 9 aromatic rings. The van der Waals surface area contributed by atoms with E-state index in [2.05, 4.69) is 138 Å². The molecule has 0 aliphatic heterocycles. The normalized spacial score (nSPS) is 13.1. The number of hydrogen-bond donors (Lipinski definition) is 0. The van der Waals surface area contributed by atoms with Crippen LogP contribution in [0.4, 0.5) is 0 Å². The number of hydrogen-bond acceptors (Lipinski definition) is 4. The van der Waals surface area contributed by atoms with Crippen molar-refractivity contribution in [1.29, 1.82) is 0 Å². The Bertz CT molecular complexity index is 3030. The van der Waals surface area contributed by atoms with E-state index in [0.717, 1.165) is 38.8 Å². The van der Waals surface area contributed by atoms with Gasteiger partial charge < -0.3 is 8.98 Å². The van der Waals surface area contributed by atoms with Gasteiger partial charge in [-0.15, -0.1) is 18.2 Å². The van der Waals surface area contributed by atoms with Gasteiger partial charge in [-0.1, -0.05) is 81.1 Å². The van der Waals surface area contributed by atoms with Crippen molar-refractivity contribution in [1.82, 2.24) is 19.5 Å². The van der Waals surface area contributed by atoms with Gasteiger partial charge in [-0.25, -0.2) is 4.98 Å². The molecule has 58 heavy (non-hydrogen) atoms. The van der Waals surface area contributed by atoms with Gasteiger partial charge >= 0.3 is 113 Å². The Hall–Kier alpha value is -5.14. The van der Waals surface area contributed by atoms with E-state index in [0.29, 0.717) is 28.8 Å². The summed E-state index contributed by atoms with van der Waals surface area (Å²) >= 11 is -1.93. The molecule has 0 bridgehead atoms. The SMILES string of the molecule is CC(C)c1cc(-c2ccccc2)cc(C(C)C)c1-n1c(-c2[c-]ccc3c2oc2ncccc23)nc2ccccc21.[2H]c1[c-]c(-c2cc[c]([Ge]([CH3])([CH3])[CH3])cn2)cc([2H])c1C([2H])([2H])[2H].[Ir]. The zero-order valence-electron chi connectivity index (χ0n) is 38.7. The van der Waals surface area contributed by atoms with Crippen molar-refractivity contribution in [3.63, 3.8) is 0 Å². The van der Waals surface area contributed by atoms with Crippen molar-refractivity contribution in [2.45, 2.75) is 63.7 Å². The third-order valence-corrected chi connectivity index (χ3v) is 14.6. The first kappa shape index (κ1) is 34.9. The van der Waals surface area contributed by atoms with Crippen LogP contribution in [0.2, 0.25) is 17.3 Å². The monoisotopic (exact) mass is 1000 g/mol. The standard InChI is InChI=1S/C36H30N3O.C15H18GeN.Ir/c1-22(2)29-20-25(24-12-6-5-7-13-24)21-30(23(3)4)33(29)39-32-18-9-8-17-31(32)38-35(39)28-15-10-14-26-27-16-11-19-37-36(27)40-34(26)28;1-12-5-7-13(8-6-12)15-10-9-14(11-17-15)16(2,3)4;/h5-14,16-23H,1-4H3;5-7,9-11H,1-4H3;/q2*-1;/i;1D3,5D,6D;. The van der Waals surface area contributed by atoms with Crippen molar-refractivity contribution in [2.24, 2.45) is 0 Å². The summed E-state index contributed by atoms with van der Waals surface area (Å²) in [5, 5.41) is 2.01. The number of imidazole rings is 1. The molecule has 4 aromatic heterocycles. The Kier molecular flexibility index (Phi) is 10.2. The number of fused-ring (bicyclic) bond motifs is 4. The molecule has 0 spiro atoms. The Balaban J connectivity index is 0.000000221. The van der Waals surface area contributed by atoms with Crippen LogP contribution in [0.15, 0.2) is 138 Å². The zero-order valence-corrected chi connectivity index (χ0v) is 38.2. The maximum absolute atomic E-state index is 7.88. The van der Waals surface area contributed by atoms with Gasteiger partial charge in [0.2, 0.25) is 5.71 Å². The summed E-state index contributed by atoms with van der Waals surface area (Å²) in [5.41, 5.74) is 11.3. The number of nitrogens with zero attached hydrogens (tertiary/aromatic N) is 4. The molecule has 0 amide bonds. The number of aromatic nitrogens is 4. The van der Waals surface area contributed by atoms with Crippen molar-refractivity contribution < 1.29 is 31.4 Å². The average Bonchev–Trinajstić information content (AvgIpc) is 3.81. The van der Waals surface area contributed by atoms with Crippen LogP contribution < -0.4 is 4.40 Å². The van der Waals surface area contributed by atoms with Gasteiger partial charge in [0.05, 0.1) is 22.4 Å². The number of para-hydroxylation sites is 2. The van der Waals surface area contributed by atoms with Crippen LogP contribution in [0.3, 0.4) is 0 Å². The second-order valence-corrected chi connectivity index (χ2v) is 26.7. The van der Waals surface area contributed by atoms with Gasteiger partial charge in [0, 0.05) is 37.4 Å². The van der Waals surface area contributed by atoms with E-state index in [9.17, 15) is 0 Å². The Morgan fingerprint density at radius 3 is 2.19 bits per heavy atom. The molecule has 0 aliphatic rings. The molecule has 0 saturated carbocycles. The topological polar surface area (TPSA) is 56.7 Å². The van der Waals surface area contributed by atoms with Gasteiger partial charge in [0.1, 0.15) is 0 Å². The maximum Gasteiger partial charge on any atom is 0 e. The summed E-state index contributed by atoms with van der Waals surface area (Å²) in [4.78, 5) is 14.1. The van der Waals surface area contributed by atoms with Crippen LogP contribution in [0, 0.1) is 19.0 Å². The summed E-state index contributed by atoms with van der Waals surface area (Å²) in [6.45, 7) is 6.62. The van der Waals surface area contributed by atoms with E-state index < -0.39 is 20.1 Å². The van der Waals surface area contributed by atoms with Gasteiger partial charge in [-0.3, -0.25) is 4.98 Å². The molecule has 0 unspecified atom stereocenters. The Morgan fingerprint density at radius 2 is 1.52 bits per heavy atom. The number of pyridine rings is 2. The number of furan rings is 1. The van der Waals surface area contributed by atoms with Crippen LogP contribution in [-0.2, 0) is 20.1 Å². The summed E-state index contributed by atoms with van der Waals surface area (Å²) in [5.74, 6) is 8.23. The molecule has 9 rings (SSSR count). The van der Waals surface area contributed by atoms with Crippen molar-refractivity contribution in [2.75, 3.05) is 0 Å². The van der Waals surface area contributed by atoms with Crippen LogP contribution in [0.25, 0.3) is 72.6 Å². The molecule has 0 atom stereocenters. The first-order valence-electron chi connectivity index (χ1n) is 21.9. The van der Waals surface area contributed by atoms with Gasteiger partial charge in [0.15, 0.2) is 0 Å². The maximum atomic E-state index is 7.88. The summed E-state index contributed by atoms with van der Waals surface area (Å²) in [6, 6.07) is 42.8. The number of rotatable bonds is 7. The molecule has 0 N–H and O–H groups in total. The first-order chi connectivity index (χ1) is 29.5. The van der Waals surface area contributed by atoms with Crippen LogP contribution in [0.1, 0.15) is 63.1 Å². The Labute approximate surface area is 365 Å². The van der Waals surface area contributed by atoms with Gasteiger partial charge in [-0.05, 0) is 70.5 Å². The van der Waals surface area contributed by atoms with E-state index in [-0.39, 0.29) is 37.8 Å². The van der Waals surface area contributed by atoms with Gasteiger partial charge in [0.25, 0.3) is 0 Å². The quantitative estimate of drug-likeness (QED) is 0.118. The summed E-state index contributed by atoms with van der Waals surface area (Å²) in [7, 11) is 0. The minimum atomic E-state index is -2.47. The predicted octanol–water partition coefficient (Wildman–Crippen LogP) is 13.1. The predicted molar refractivity (Wildman–Crippen MR) is 240 cm³/mol. The Morgan fingerprint density at radius 1 is 0.776 bits per heavy atom. The van der Waals surface area contributed by atoms with E-state index in [1.165, 1.54) is 38.4 Å². The molecule has 293 valence electrons. The molecule has 0 aliphatic carbocycles. The second-order valence-electron chi connectivity index (χ2n) is 16.0. The van der Waals surface area contributed by atoms with Crippen LogP contribution in [-0.4, -0.2) is 32.8 Å². The third kappa shape index (κ3) is 8.11. The smallest absolute Gasteiger partial charge is 0 e. The molecule has 0 saturated heterocycles. The largest absolute Gasteiger partial charge is 0 e. The summed E-state index contributed by atoms with van der Waals surface area (Å²) < 4.78 is 47.9. The minimum absolute atomic E-state index is 0. The van der Waals surface area contributed by atoms with Gasteiger partial charge in [-0.2, -0.15) is 0 Å². The van der Waals surface area contributed by atoms with Crippen molar-refractivity contribution in [3.05, 3.63) is 162 Å². The molecule has 1 radical (unpaired) electrons. The van der Waals surface area contributed by atoms with Crippen LogP contribution in [0.5, 0.6) is 0 Å². The van der Waals surface area contributed by atoms with Crippen molar-refractivity contribution >= 4 is 50.8 Å². The molecule has 0 fully saturated rings. The fourth-order valence-corrected chi connectivity index (χ4v) is 9.43. The van der Waals surface area contributed by atoms with E-state index in [1.54, 1.807) is 6.20 Å². The van der Waals surface area contributed by atoms with Crippen molar-refractivity contribution in [3.8, 4) is 39.5 Å². The van der Waals surface area contributed by atoms with E-state index in [1.807, 2.05) is 42.6 Å². The summed E-state index contributed by atoms with van der Waals surface area (Å²) in [6.07, 6.45) is 3.61. The molecule has 5 nitrogen and oxygen atoms in total. The first-order valence-corrected chi connectivity index (χ1v) is 26.8. The minimum Gasteiger partial charge on any atom is 0 e. The average molecular weight is 1000 g/mol. The third-order valence-electron chi connectivity index (χ3n) is 10.3.